The fourth-order valence-corrected chi connectivity index (χ4v) is 5.54. The van der Waals surface area contributed by atoms with Crippen molar-refractivity contribution >= 4 is 34.0 Å². The second-order valence-corrected chi connectivity index (χ2v) is 10.6. The summed E-state index contributed by atoms with van der Waals surface area (Å²) in [5, 5.41) is 7.24. The molecule has 5 rings (SSSR count). The summed E-state index contributed by atoms with van der Waals surface area (Å²) in [6, 6.07) is 28.9. The summed E-state index contributed by atoms with van der Waals surface area (Å²) in [5.41, 5.74) is 3.47. The zero-order valence-electron chi connectivity index (χ0n) is 21.4. The molecule has 0 spiro atoms. The molecule has 1 N–H and O–H groups in total. The highest BCUT2D eigenvalue weighted by Crippen LogP contribution is 2.30. The minimum atomic E-state index is 0.133. The third-order valence-electron chi connectivity index (χ3n) is 6.91. The fourth-order valence-electron chi connectivity index (χ4n) is 4.96. The van der Waals surface area contributed by atoms with E-state index in [0.29, 0.717) is 42.4 Å². The van der Waals surface area contributed by atoms with E-state index in [1.54, 1.807) is 6.07 Å². The Morgan fingerprint density at radius 3 is 2.37 bits per heavy atom. The molecule has 0 aromatic heterocycles. The van der Waals surface area contributed by atoms with Crippen molar-refractivity contribution < 1.29 is 14.2 Å². The Hall–Kier alpha value is -2.60. The van der Waals surface area contributed by atoms with Gasteiger partial charge in [0.05, 0.1) is 32.5 Å². The van der Waals surface area contributed by atoms with Crippen LogP contribution in [0.25, 0.3) is 10.8 Å². The molecule has 0 saturated carbocycles. The van der Waals surface area contributed by atoms with Crippen LogP contribution >= 0.6 is 23.2 Å². The number of nitrogens with one attached hydrogen (secondary N) is 1. The van der Waals surface area contributed by atoms with Crippen LogP contribution in [0.1, 0.15) is 35.4 Å². The highest BCUT2D eigenvalue weighted by atomic mass is 35.5. The smallest absolute Gasteiger partial charge is 0.119 e. The van der Waals surface area contributed by atoms with Crippen molar-refractivity contribution in [1.29, 1.82) is 0 Å². The van der Waals surface area contributed by atoms with Gasteiger partial charge in [-0.25, -0.2) is 0 Å². The third-order valence-corrected chi connectivity index (χ3v) is 7.34. The number of halogens is 2. The van der Waals surface area contributed by atoms with E-state index in [4.69, 9.17) is 37.4 Å². The van der Waals surface area contributed by atoms with Gasteiger partial charge >= 0.3 is 0 Å². The molecule has 1 saturated heterocycles. The van der Waals surface area contributed by atoms with Crippen LogP contribution in [0, 0.1) is 0 Å². The summed E-state index contributed by atoms with van der Waals surface area (Å²) >= 11 is 12.1. The van der Waals surface area contributed by atoms with Crippen LogP contribution in [0.15, 0.2) is 84.9 Å². The summed E-state index contributed by atoms with van der Waals surface area (Å²) in [6.07, 6.45) is 1.99. The first-order valence-corrected chi connectivity index (χ1v) is 13.9. The van der Waals surface area contributed by atoms with E-state index in [0.717, 1.165) is 37.2 Å². The van der Waals surface area contributed by atoms with E-state index in [9.17, 15) is 0 Å². The summed E-state index contributed by atoms with van der Waals surface area (Å²) in [5.74, 6) is 1.23. The average molecular weight is 551 g/mol. The van der Waals surface area contributed by atoms with Crippen LogP contribution in [0.3, 0.4) is 0 Å². The number of hydrogen-bond acceptors (Lipinski definition) is 4. The van der Waals surface area contributed by atoms with Crippen molar-refractivity contribution in [3.63, 3.8) is 0 Å². The van der Waals surface area contributed by atoms with E-state index >= 15 is 0 Å². The van der Waals surface area contributed by atoms with Gasteiger partial charge in [0.25, 0.3) is 0 Å². The largest absolute Gasteiger partial charge is 0.494 e. The van der Waals surface area contributed by atoms with Gasteiger partial charge in [0.2, 0.25) is 0 Å². The molecule has 1 aliphatic heterocycles. The molecule has 2 unspecified atom stereocenters. The molecule has 2 atom stereocenters. The first-order chi connectivity index (χ1) is 18.6. The molecule has 1 aliphatic rings. The normalized spacial score (nSPS) is 17.5. The summed E-state index contributed by atoms with van der Waals surface area (Å²) in [4.78, 5) is 0. The first-order valence-electron chi connectivity index (χ1n) is 13.2. The Balaban J connectivity index is 1.07. The van der Waals surface area contributed by atoms with Crippen LogP contribution in [-0.2, 0) is 22.7 Å². The third kappa shape index (κ3) is 7.49. The van der Waals surface area contributed by atoms with Gasteiger partial charge in [0.1, 0.15) is 5.75 Å². The number of ether oxygens (including phenoxy) is 3. The quantitative estimate of drug-likeness (QED) is 0.194. The molecule has 198 valence electrons. The Morgan fingerprint density at radius 1 is 0.763 bits per heavy atom. The van der Waals surface area contributed by atoms with E-state index in [1.807, 2.05) is 12.1 Å². The number of rotatable bonds is 11. The maximum atomic E-state index is 6.44. The van der Waals surface area contributed by atoms with Crippen LogP contribution in [0.2, 0.25) is 10.0 Å². The van der Waals surface area contributed by atoms with E-state index < -0.39 is 0 Å². The molecule has 0 radical (unpaired) electrons. The standard InChI is InChI=1S/C32H33Cl2NO3/c33-28-17-24(18-29(34)19-28)21-36-14-3-15-37-30-10-8-26(9-11-30)31-12-13-35-20-32(31)38-22-23-6-7-25-4-1-2-5-27(25)16-23/h1-2,4-11,16-19,31-32,35H,3,12-15,20-22H2. The molecule has 6 heteroatoms. The van der Waals surface area contributed by atoms with Gasteiger partial charge in [-0.3, -0.25) is 0 Å². The van der Waals surface area contributed by atoms with Crippen LogP contribution in [-0.4, -0.2) is 32.4 Å². The lowest BCUT2D eigenvalue weighted by atomic mass is 9.87. The van der Waals surface area contributed by atoms with Crippen molar-refractivity contribution in [2.75, 3.05) is 26.3 Å². The topological polar surface area (TPSA) is 39.7 Å². The summed E-state index contributed by atoms with van der Waals surface area (Å²) in [6.45, 7) is 4.16. The minimum absolute atomic E-state index is 0.133. The highest BCUT2D eigenvalue weighted by molar-refractivity contribution is 6.34. The maximum absolute atomic E-state index is 6.44. The monoisotopic (exact) mass is 549 g/mol. The molecular formula is C32H33Cl2NO3. The first kappa shape index (κ1) is 27.0. The van der Waals surface area contributed by atoms with Crippen molar-refractivity contribution in [2.24, 2.45) is 0 Å². The second kappa shape index (κ2) is 13.5. The van der Waals surface area contributed by atoms with Gasteiger partial charge in [-0.2, -0.15) is 0 Å². The summed E-state index contributed by atoms with van der Waals surface area (Å²) < 4.78 is 18.1. The predicted octanol–water partition coefficient (Wildman–Crippen LogP) is 7.79. The lowest BCUT2D eigenvalue weighted by molar-refractivity contribution is 0.0106. The van der Waals surface area contributed by atoms with Crippen LogP contribution < -0.4 is 10.1 Å². The van der Waals surface area contributed by atoms with Gasteiger partial charge in [-0.15, -0.1) is 0 Å². The number of benzene rings is 4. The molecule has 4 aromatic rings. The molecule has 1 heterocycles. The molecular weight excluding hydrogens is 517 g/mol. The van der Waals surface area contributed by atoms with Gasteiger partial charge < -0.3 is 19.5 Å². The average Bonchev–Trinajstić information content (AvgIpc) is 2.94. The van der Waals surface area contributed by atoms with E-state index in [1.165, 1.54) is 21.9 Å². The molecule has 38 heavy (non-hydrogen) atoms. The number of fused-ring (bicyclic) bond motifs is 1. The Kier molecular flexibility index (Phi) is 9.56. The fraction of sp³-hybridized carbons (Fsp3) is 0.312. The molecule has 0 bridgehead atoms. The van der Waals surface area contributed by atoms with Gasteiger partial charge in [0.15, 0.2) is 0 Å². The molecule has 4 aromatic carbocycles. The lowest BCUT2D eigenvalue weighted by Crippen LogP contribution is -2.40. The number of piperidine rings is 1. The highest BCUT2D eigenvalue weighted by Gasteiger charge is 2.27. The molecule has 1 fully saturated rings. The van der Waals surface area contributed by atoms with Crippen molar-refractivity contribution in [3.8, 4) is 5.75 Å². The zero-order valence-corrected chi connectivity index (χ0v) is 22.9. The van der Waals surface area contributed by atoms with Crippen LogP contribution in [0.4, 0.5) is 0 Å². The Bertz CT molecular complexity index is 1310. The minimum Gasteiger partial charge on any atom is -0.494 e. The van der Waals surface area contributed by atoms with Crippen molar-refractivity contribution in [3.05, 3.63) is 112 Å². The zero-order chi connectivity index (χ0) is 26.2. The van der Waals surface area contributed by atoms with E-state index in [-0.39, 0.29) is 6.10 Å². The molecule has 0 aliphatic carbocycles. The maximum Gasteiger partial charge on any atom is 0.119 e. The second-order valence-electron chi connectivity index (χ2n) is 9.73. The lowest BCUT2D eigenvalue weighted by Gasteiger charge is -2.32. The van der Waals surface area contributed by atoms with Gasteiger partial charge in [-0.05, 0) is 76.8 Å². The van der Waals surface area contributed by atoms with E-state index in [2.05, 4.69) is 72.0 Å². The Morgan fingerprint density at radius 2 is 1.55 bits per heavy atom. The SMILES string of the molecule is Clc1cc(Cl)cc(COCCCOc2ccc(C3CCNCC3OCc3ccc4ccccc4c3)cc2)c1. The summed E-state index contributed by atoms with van der Waals surface area (Å²) in [7, 11) is 0. The molecule has 0 amide bonds. The van der Waals surface area contributed by atoms with Crippen molar-refractivity contribution in [1.82, 2.24) is 5.32 Å². The van der Waals surface area contributed by atoms with Crippen molar-refractivity contribution in [2.45, 2.75) is 38.1 Å². The predicted molar refractivity (Wildman–Crippen MR) is 155 cm³/mol. The Labute approximate surface area is 234 Å². The molecule has 4 nitrogen and oxygen atoms in total. The van der Waals surface area contributed by atoms with Gasteiger partial charge in [0, 0.05) is 28.9 Å². The van der Waals surface area contributed by atoms with Gasteiger partial charge in [-0.1, -0.05) is 71.7 Å². The van der Waals surface area contributed by atoms with Crippen LogP contribution in [0.5, 0.6) is 5.75 Å². The number of hydrogen-bond donors (Lipinski definition) is 1.